The second-order valence-electron chi connectivity index (χ2n) is 5.06. The number of aromatic nitrogens is 3. The maximum Gasteiger partial charge on any atom is 0.140 e. The molecule has 0 bridgehead atoms. The van der Waals surface area contributed by atoms with Crippen molar-refractivity contribution in [3.63, 3.8) is 0 Å². The van der Waals surface area contributed by atoms with Crippen LogP contribution in [0.4, 0.5) is 0 Å². The van der Waals surface area contributed by atoms with E-state index in [4.69, 9.17) is 4.52 Å². The molecule has 102 valence electrons. The Balaban J connectivity index is 1.66. The summed E-state index contributed by atoms with van der Waals surface area (Å²) in [4.78, 5) is 1.19. The first-order valence-corrected chi connectivity index (χ1v) is 7.51. The van der Waals surface area contributed by atoms with Crippen LogP contribution in [0.5, 0.6) is 0 Å². The Morgan fingerprint density at radius 2 is 2.21 bits per heavy atom. The predicted octanol–water partition coefficient (Wildman–Crippen LogP) is 2.56. The second kappa shape index (κ2) is 5.38. The lowest BCUT2D eigenvalue weighted by molar-refractivity contribution is 0.365. The summed E-state index contributed by atoms with van der Waals surface area (Å²) in [7, 11) is 0. The van der Waals surface area contributed by atoms with Gasteiger partial charge in [-0.15, -0.1) is 5.10 Å². The Hall–Kier alpha value is -1.27. The number of aryl methyl sites for hydroxylation is 2. The highest BCUT2D eigenvalue weighted by Gasteiger charge is 2.20. The Kier molecular flexibility index (Phi) is 3.61. The fourth-order valence-corrected chi connectivity index (χ4v) is 3.23. The molecule has 0 saturated heterocycles. The van der Waals surface area contributed by atoms with Crippen LogP contribution >= 0.6 is 11.5 Å². The minimum Gasteiger partial charge on any atom is -0.361 e. The van der Waals surface area contributed by atoms with Gasteiger partial charge in [-0.2, -0.15) is 0 Å². The normalized spacial score (nSPS) is 16.3. The van der Waals surface area contributed by atoms with Crippen molar-refractivity contribution in [2.24, 2.45) is 0 Å². The van der Waals surface area contributed by atoms with Crippen molar-refractivity contribution in [1.82, 2.24) is 20.1 Å². The van der Waals surface area contributed by atoms with E-state index in [0.29, 0.717) is 0 Å². The first-order valence-electron chi connectivity index (χ1n) is 6.74. The highest BCUT2D eigenvalue weighted by atomic mass is 32.1. The van der Waals surface area contributed by atoms with Crippen LogP contribution < -0.4 is 5.32 Å². The molecule has 0 aromatic carbocycles. The zero-order valence-corrected chi connectivity index (χ0v) is 12.1. The zero-order chi connectivity index (χ0) is 13.2. The van der Waals surface area contributed by atoms with Crippen molar-refractivity contribution in [2.75, 3.05) is 0 Å². The molecule has 1 atom stereocenters. The van der Waals surface area contributed by atoms with E-state index in [1.165, 1.54) is 34.8 Å². The van der Waals surface area contributed by atoms with Crippen molar-refractivity contribution in [3.05, 3.63) is 27.6 Å². The largest absolute Gasteiger partial charge is 0.361 e. The van der Waals surface area contributed by atoms with E-state index in [1.807, 2.05) is 6.92 Å². The summed E-state index contributed by atoms with van der Waals surface area (Å²) in [6.07, 6.45) is 4.60. The molecule has 0 radical (unpaired) electrons. The van der Waals surface area contributed by atoms with Gasteiger partial charge in [-0.3, -0.25) is 0 Å². The van der Waals surface area contributed by atoms with E-state index in [1.54, 1.807) is 0 Å². The predicted molar refractivity (Wildman–Crippen MR) is 73.0 cm³/mol. The smallest absolute Gasteiger partial charge is 0.140 e. The van der Waals surface area contributed by atoms with Gasteiger partial charge in [0.05, 0.1) is 10.6 Å². The van der Waals surface area contributed by atoms with Crippen molar-refractivity contribution >= 4 is 11.5 Å². The van der Waals surface area contributed by atoms with Crippen LogP contribution in [0.3, 0.4) is 0 Å². The molecule has 0 fully saturated rings. The molecule has 19 heavy (non-hydrogen) atoms. The van der Waals surface area contributed by atoms with E-state index in [9.17, 15) is 0 Å². The van der Waals surface area contributed by atoms with Gasteiger partial charge in [0.1, 0.15) is 11.5 Å². The first-order chi connectivity index (χ1) is 9.25. The molecule has 1 aliphatic carbocycles. The van der Waals surface area contributed by atoms with E-state index < -0.39 is 0 Å². The molecule has 1 N–H and O–H groups in total. The third-order valence-electron chi connectivity index (χ3n) is 3.69. The molecule has 0 amide bonds. The van der Waals surface area contributed by atoms with Gasteiger partial charge < -0.3 is 9.84 Å². The Morgan fingerprint density at radius 1 is 1.37 bits per heavy atom. The first kappa shape index (κ1) is 12.7. The van der Waals surface area contributed by atoms with Gasteiger partial charge in [0.15, 0.2) is 0 Å². The summed E-state index contributed by atoms with van der Waals surface area (Å²) in [5.41, 5.74) is 3.40. The van der Waals surface area contributed by atoms with Crippen LogP contribution in [0.25, 0.3) is 0 Å². The van der Waals surface area contributed by atoms with Crippen LogP contribution in [-0.2, 0) is 19.4 Å². The van der Waals surface area contributed by atoms with E-state index in [0.717, 1.165) is 36.5 Å². The van der Waals surface area contributed by atoms with Crippen molar-refractivity contribution < 1.29 is 4.52 Å². The second-order valence-corrected chi connectivity index (χ2v) is 5.85. The van der Waals surface area contributed by atoms with Gasteiger partial charge in [0, 0.05) is 24.6 Å². The Bertz CT molecular complexity index is 563. The molecule has 2 heterocycles. The minimum absolute atomic E-state index is 0.246. The third kappa shape index (κ3) is 2.55. The molecule has 0 spiro atoms. The number of nitrogens with one attached hydrogen (secondary N) is 1. The van der Waals surface area contributed by atoms with Gasteiger partial charge in [-0.05, 0) is 44.6 Å². The van der Waals surface area contributed by atoms with Gasteiger partial charge in [-0.25, -0.2) is 0 Å². The molecule has 1 unspecified atom stereocenters. The maximum atomic E-state index is 5.42. The molecule has 0 saturated carbocycles. The molecule has 1 aliphatic rings. The topological polar surface area (TPSA) is 63.8 Å². The van der Waals surface area contributed by atoms with Crippen molar-refractivity contribution in [2.45, 2.75) is 52.1 Å². The highest BCUT2D eigenvalue weighted by molar-refractivity contribution is 7.05. The Morgan fingerprint density at radius 3 is 3.00 bits per heavy atom. The van der Waals surface area contributed by atoms with Gasteiger partial charge >= 0.3 is 0 Å². The molecular weight excluding hydrogens is 260 g/mol. The Labute approximate surface area is 116 Å². The molecular formula is C13H18N4OS. The molecule has 2 aromatic rings. The summed E-state index contributed by atoms with van der Waals surface area (Å²) in [5, 5.41) is 11.7. The number of fused-ring (bicyclic) bond motifs is 1. The van der Waals surface area contributed by atoms with Crippen molar-refractivity contribution in [1.29, 1.82) is 0 Å². The number of nitrogens with zero attached hydrogens (tertiary/aromatic N) is 3. The van der Waals surface area contributed by atoms with Gasteiger partial charge in [0.2, 0.25) is 0 Å². The molecule has 2 aromatic heterocycles. The van der Waals surface area contributed by atoms with Crippen LogP contribution in [0.15, 0.2) is 4.52 Å². The highest BCUT2D eigenvalue weighted by Crippen LogP contribution is 2.25. The zero-order valence-electron chi connectivity index (χ0n) is 11.3. The number of hydrogen-bond donors (Lipinski definition) is 1. The number of rotatable bonds is 4. The third-order valence-corrected chi connectivity index (χ3v) is 4.70. The summed E-state index contributed by atoms with van der Waals surface area (Å²) < 4.78 is 9.40. The quantitative estimate of drug-likeness (QED) is 0.931. The fraction of sp³-hybridized carbons (Fsp3) is 0.615. The average molecular weight is 278 g/mol. The molecule has 0 aliphatic heterocycles. The monoisotopic (exact) mass is 278 g/mol. The average Bonchev–Trinajstić information content (AvgIpc) is 3.02. The standard InChI is InChI=1S/C13H18N4OS/c1-8(13-9(2)15-17-19-13)14-7-11-10-5-3-4-6-12(10)18-16-11/h8,14H,3-7H2,1-2H3. The summed E-state index contributed by atoms with van der Waals surface area (Å²) in [5.74, 6) is 1.09. The molecule has 5 nitrogen and oxygen atoms in total. The lowest BCUT2D eigenvalue weighted by Crippen LogP contribution is -2.19. The lowest BCUT2D eigenvalue weighted by Gasteiger charge is -2.13. The SMILES string of the molecule is Cc1nnsc1C(C)NCc1noc2c1CCCC2. The summed E-state index contributed by atoms with van der Waals surface area (Å²) in [6, 6.07) is 0.246. The van der Waals surface area contributed by atoms with Crippen LogP contribution in [0.2, 0.25) is 0 Å². The van der Waals surface area contributed by atoms with Crippen LogP contribution in [0.1, 0.15) is 53.4 Å². The van der Waals surface area contributed by atoms with Crippen LogP contribution in [0, 0.1) is 6.92 Å². The maximum absolute atomic E-state index is 5.42. The van der Waals surface area contributed by atoms with E-state index >= 15 is 0 Å². The number of hydrogen-bond acceptors (Lipinski definition) is 6. The summed E-state index contributed by atoms with van der Waals surface area (Å²) in [6.45, 7) is 4.88. The van der Waals surface area contributed by atoms with Gasteiger partial charge in [-0.1, -0.05) is 9.64 Å². The van der Waals surface area contributed by atoms with Gasteiger partial charge in [0.25, 0.3) is 0 Å². The fourth-order valence-electron chi connectivity index (χ4n) is 2.56. The van der Waals surface area contributed by atoms with E-state index in [-0.39, 0.29) is 6.04 Å². The van der Waals surface area contributed by atoms with E-state index in [2.05, 4.69) is 27.0 Å². The van der Waals surface area contributed by atoms with Crippen molar-refractivity contribution in [3.8, 4) is 0 Å². The minimum atomic E-state index is 0.246. The van der Waals surface area contributed by atoms with Crippen LogP contribution in [-0.4, -0.2) is 14.7 Å². The lowest BCUT2D eigenvalue weighted by atomic mass is 9.96. The molecule has 3 rings (SSSR count). The molecule has 6 heteroatoms. The summed E-state index contributed by atoms with van der Waals surface area (Å²) >= 11 is 1.46.